The Kier molecular flexibility index (Phi) is 4.84. The van der Waals surface area contributed by atoms with Crippen molar-refractivity contribution in [3.8, 4) is 5.69 Å². The van der Waals surface area contributed by atoms with Crippen LogP contribution in [0.15, 0.2) is 35.7 Å². The monoisotopic (exact) mass is 289 g/mol. The van der Waals surface area contributed by atoms with E-state index in [1.165, 1.54) is 22.9 Å². The maximum absolute atomic E-state index is 11.5. The van der Waals surface area contributed by atoms with Gasteiger partial charge in [0, 0.05) is 24.6 Å². The minimum absolute atomic E-state index is 0.0344. The van der Waals surface area contributed by atoms with Crippen molar-refractivity contribution in [3.05, 3.63) is 41.7 Å². The normalized spacial score (nSPS) is 10.6. The van der Waals surface area contributed by atoms with E-state index in [1.54, 1.807) is 6.20 Å². The van der Waals surface area contributed by atoms with E-state index in [2.05, 4.69) is 42.3 Å². The van der Waals surface area contributed by atoms with E-state index in [1.807, 2.05) is 17.7 Å². The second-order valence-corrected chi connectivity index (χ2v) is 5.53. The molecule has 0 unspecified atom stereocenters. The molecular weight excluding hydrogens is 270 g/mol. The van der Waals surface area contributed by atoms with Gasteiger partial charge in [0.2, 0.25) is 5.91 Å². The summed E-state index contributed by atoms with van der Waals surface area (Å²) in [6.45, 7) is 6.76. The summed E-state index contributed by atoms with van der Waals surface area (Å²) in [4.78, 5) is 15.8. The second-order valence-electron chi connectivity index (χ2n) is 4.59. The number of rotatable bonds is 5. The zero-order chi connectivity index (χ0) is 14.5. The van der Waals surface area contributed by atoms with Crippen molar-refractivity contribution in [2.45, 2.75) is 25.9 Å². The summed E-state index contributed by atoms with van der Waals surface area (Å²) in [6.07, 6.45) is 3.68. The number of aromatic nitrogens is 2. The maximum atomic E-state index is 11.5. The Labute approximate surface area is 123 Å². The molecule has 0 aliphatic carbocycles. The summed E-state index contributed by atoms with van der Waals surface area (Å²) in [6, 6.07) is 6.30. The minimum Gasteiger partial charge on any atom is -0.356 e. The van der Waals surface area contributed by atoms with E-state index in [0.29, 0.717) is 12.3 Å². The lowest BCUT2D eigenvalue weighted by Crippen LogP contribution is -2.24. The Bertz CT molecular complexity index is 607. The number of benzene rings is 1. The number of carbonyl (C=O) groups is 1. The number of amides is 1. The Morgan fingerprint density at radius 2 is 2.15 bits per heavy atom. The molecule has 0 bridgehead atoms. The van der Waals surface area contributed by atoms with Gasteiger partial charge in [0.25, 0.3) is 0 Å². The van der Waals surface area contributed by atoms with Gasteiger partial charge in [0.15, 0.2) is 5.16 Å². The van der Waals surface area contributed by atoms with Crippen LogP contribution in [0.1, 0.15) is 18.1 Å². The zero-order valence-corrected chi connectivity index (χ0v) is 12.8. The van der Waals surface area contributed by atoms with E-state index in [0.717, 1.165) is 10.8 Å². The average Bonchev–Trinajstić information content (AvgIpc) is 2.88. The summed E-state index contributed by atoms with van der Waals surface area (Å²) < 4.78 is 2.01. The fourth-order valence-corrected chi connectivity index (χ4v) is 2.65. The van der Waals surface area contributed by atoms with Crippen LogP contribution >= 0.6 is 11.8 Å². The van der Waals surface area contributed by atoms with Gasteiger partial charge >= 0.3 is 0 Å². The molecule has 0 atom stereocenters. The van der Waals surface area contributed by atoms with Crippen LogP contribution in [0.5, 0.6) is 0 Å². The highest BCUT2D eigenvalue weighted by Crippen LogP contribution is 2.21. The van der Waals surface area contributed by atoms with Crippen LogP contribution in [0.25, 0.3) is 5.69 Å². The van der Waals surface area contributed by atoms with Crippen molar-refractivity contribution < 1.29 is 4.79 Å². The van der Waals surface area contributed by atoms with E-state index in [9.17, 15) is 4.79 Å². The number of hydrogen-bond donors (Lipinski definition) is 1. The minimum atomic E-state index is 0.0344. The SMILES string of the molecule is CCNC(=O)CSc1nccn1-c1ccc(C)c(C)c1. The Balaban J connectivity index is 2.15. The predicted octanol–water partition coefficient (Wildman–Crippen LogP) is 2.72. The van der Waals surface area contributed by atoms with Crippen LogP contribution in [0.4, 0.5) is 0 Å². The van der Waals surface area contributed by atoms with Gasteiger partial charge in [-0.1, -0.05) is 17.8 Å². The van der Waals surface area contributed by atoms with Gasteiger partial charge in [-0.15, -0.1) is 0 Å². The van der Waals surface area contributed by atoms with Crippen molar-refractivity contribution >= 4 is 17.7 Å². The molecule has 0 spiro atoms. The molecule has 1 amide bonds. The number of nitrogens with zero attached hydrogens (tertiary/aromatic N) is 2. The molecule has 0 fully saturated rings. The topological polar surface area (TPSA) is 46.9 Å². The van der Waals surface area contributed by atoms with Crippen molar-refractivity contribution in [2.24, 2.45) is 0 Å². The standard InChI is InChI=1S/C15H19N3OS/c1-4-16-14(19)10-20-15-17-7-8-18(15)13-6-5-11(2)12(3)9-13/h5-9H,4,10H2,1-3H3,(H,16,19). The highest BCUT2D eigenvalue weighted by Gasteiger charge is 2.09. The first-order valence-electron chi connectivity index (χ1n) is 6.62. The molecule has 0 aliphatic rings. The van der Waals surface area contributed by atoms with Crippen LogP contribution < -0.4 is 5.32 Å². The third-order valence-corrected chi connectivity index (χ3v) is 4.05. The lowest BCUT2D eigenvalue weighted by atomic mass is 10.1. The molecule has 1 aromatic carbocycles. The number of carbonyl (C=O) groups excluding carboxylic acids is 1. The van der Waals surface area contributed by atoms with Gasteiger partial charge in [0.05, 0.1) is 5.75 Å². The Morgan fingerprint density at radius 3 is 2.85 bits per heavy atom. The van der Waals surface area contributed by atoms with Crippen molar-refractivity contribution in [2.75, 3.05) is 12.3 Å². The Morgan fingerprint density at radius 1 is 1.35 bits per heavy atom. The number of imidazole rings is 1. The average molecular weight is 289 g/mol. The smallest absolute Gasteiger partial charge is 0.230 e. The zero-order valence-electron chi connectivity index (χ0n) is 12.0. The molecule has 4 nitrogen and oxygen atoms in total. The van der Waals surface area contributed by atoms with Crippen molar-refractivity contribution in [3.63, 3.8) is 0 Å². The molecule has 0 saturated heterocycles. The first kappa shape index (κ1) is 14.7. The number of nitrogens with one attached hydrogen (secondary N) is 1. The Hall–Kier alpha value is -1.75. The third-order valence-electron chi connectivity index (χ3n) is 3.08. The molecular formula is C15H19N3OS. The first-order valence-corrected chi connectivity index (χ1v) is 7.61. The molecule has 2 rings (SSSR count). The third kappa shape index (κ3) is 3.42. The molecule has 20 heavy (non-hydrogen) atoms. The van der Waals surface area contributed by atoms with Gasteiger partial charge in [0.1, 0.15) is 0 Å². The summed E-state index contributed by atoms with van der Waals surface area (Å²) in [5, 5.41) is 3.62. The summed E-state index contributed by atoms with van der Waals surface area (Å²) in [7, 11) is 0. The summed E-state index contributed by atoms with van der Waals surface area (Å²) >= 11 is 1.45. The number of thioether (sulfide) groups is 1. The number of hydrogen-bond acceptors (Lipinski definition) is 3. The van der Waals surface area contributed by atoms with Crippen LogP contribution in [0.3, 0.4) is 0 Å². The molecule has 5 heteroatoms. The highest BCUT2D eigenvalue weighted by atomic mass is 32.2. The van der Waals surface area contributed by atoms with Gasteiger partial charge in [-0.2, -0.15) is 0 Å². The predicted molar refractivity (Wildman–Crippen MR) is 82.4 cm³/mol. The lowest BCUT2D eigenvalue weighted by molar-refractivity contribution is -0.118. The number of aryl methyl sites for hydroxylation is 2. The van der Waals surface area contributed by atoms with E-state index < -0.39 is 0 Å². The van der Waals surface area contributed by atoms with Crippen molar-refractivity contribution in [1.29, 1.82) is 0 Å². The van der Waals surface area contributed by atoms with Crippen molar-refractivity contribution in [1.82, 2.24) is 14.9 Å². The van der Waals surface area contributed by atoms with E-state index in [-0.39, 0.29) is 5.91 Å². The van der Waals surface area contributed by atoms with Gasteiger partial charge in [-0.05, 0) is 44.0 Å². The van der Waals surface area contributed by atoms with Gasteiger partial charge < -0.3 is 5.32 Å². The quantitative estimate of drug-likeness (QED) is 0.861. The molecule has 0 aliphatic heterocycles. The van der Waals surface area contributed by atoms with Crippen LogP contribution in [-0.4, -0.2) is 27.8 Å². The summed E-state index contributed by atoms with van der Waals surface area (Å²) in [5.74, 6) is 0.419. The fraction of sp³-hybridized carbons (Fsp3) is 0.333. The second kappa shape index (κ2) is 6.61. The highest BCUT2D eigenvalue weighted by molar-refractivity contribution is 7.99. The molecule has 2 aromatic rings. The first-order chi connectivity index (χ1) is 9.61. The van der Waals surface area contributed by atoms with Gasteiger partial charge in [-0.25, -0.2) is 4.98 Å². The summed E-state index contributed by atoms with van der Waals surface area (Å²) in [5.41, 5.74) is 3.59. The van der Waals surface area contributed by atoms with Crippen LogP contribution in [0.2, 0.25) is 0 Å². The van der Waals surface area contributed by atoms with Gasteiger partial charge in [-0.3, -0.25) is 9.36 Å². The molecule has 1 heterocycles. The largest absolute Gasteiger partial charge is 0.356 e. The molecule has 1 aromatic heterocycles. The fourth-order valence-electron chi connectivity index (χ4n) is 1.85. The molecule has 0 radical (unpaired) electrons. The molecule has 1 N–H and O–H groups in total. The van der Waals surface area contributed by atoms with Crippen LogP contribution in [0, 0.1) is 13.8 Å². The van der Waals surface area contributed by atoms with Crippen LogP contribution in [-0.2, 0) is 4.79 Å². The molecule has 106 valence electrons. The van der Waals surface area contributed by atoms with E-state index in [4.69, 9.17) is 0 Å². The van der Waals surface area contributed by atoms with E-state index >= 15 is 0 Å². The molecule has 0 saturated carbocycles. The maximum Gasteiger partial charge on any atom is 0.230 e. The lowest BCUT2D eigenvalue weighted by Gasteiger charge is -2.09.